The standard InChI is InChI=1S/C21H18FN3O3S/c22-12-6-4-11(5-7-12)17-8-9-18(29-17)21(28)25-16-3-1-2-15-13(16)10-14(19(23)26)20(27)24-15/h4-10,16H,1-3H2,(H2,23,26)(H,24,27)(H,25,28). The van der Waals surface area contributed by atoms with Gasteiger partial charge in [0, 0.05) is 10.6 Å². The number of hydrogen-bond acceptors (Lipinski definition) is 4. The molecule has 0 saturated heterocycles. The van der Waals surface area contributed by atoms with Gasteiger partial charge >= 0.3 is 0 Å². The Hall–Kier alpha value is -3.26. The molecule has 0 bridgehead atoms. The van der Waals surface area contributed by atoms with Crippen LogP contribution in [0.25, 0.3) is 10.4 Å². The van der Waals surface area contributed by atoms with Gasteiger partial charge in [-0.1, -0.05) is 12.1 Å². The number of hydrogen-bond donors (Lipinski definition) is 3. The molecule has 1 aliphatic carbocycles. The van der Waals surface area contributed by atoms with E-state index < -0.39 is 11.5 Å². The first-order valence-electron chi connectivity index (χ1n) is 9.15. The average Bonchev–Trinajstić information content (AvgIpc) is 3.18. The number of pyridine rings is 1. The zero-order valence-corrected chi connectivity index (χ0v) is 16.1. The topological polar surface area (TPSA) is 105 Å². The quantitative estimate of drug-likeness (QED) is 0.614. The van der Waals surface area contributed by atoms with E-state index in [-0.39, 0.29) is 23.3 Å². The molecule has 1 unspecified atom stereocenters. The number of H-pyrrole nitrogens is 1. The number of benzene rings is 1. The van der Waals surface area contributed by atoms with Crippen LogP contribution in [0, 0.1) is 5.82 Å². The molecule has 4 rings (SSSR count). The molecule has 0 saturated carbocycles. The second kappa shape index (κ2) is 7.63. The van der Waals surface area contributed by atoms with Crippen LogP contribution < -0.4 is 16.6 Å². The number of carbonyl (C=O) groups is 2. The zero-order chi connectivity index (χ0) is 20.5. The SMILES string of the molecule is NC(=O)c1cc2c([nH]c1=O)CCCC2NC(=O)c1ccc(-c2ccc(F)cc2)s1. The maximum Gasteiger partial charge on any atom is 0.261 e. The van der Waals surface area contributed by atoms with Gasteiger partial charge in [-0.05, 0) is 60.7 Å². The summed E-state index contributed by atoms with van der Waals surface area (Å²) in [5, 5.41) is 2.99. The molecular weight excluding hydrogens is 393 g/mol. The lowest BCUT2D eigenvalue weighted by molar-refractivity contribution is 0.0936. The Morgan fingerprint density at radius 1 is 1.17 bits per heavy atom. The number of nitrogens with one attached hydrogen (secondary N) is 2. The van der Waals surface area contributed by atoms with Crippen molar-refractivity contribution in [1.82, 2.24) is 10.3 Å². The molecule has 2 amide bonds. The van der Waals surface area contributed by atoms with Crippen LogP contribution in [-0.4, -0.2) is 16.8 Å². The molecule has 2 heterocycles. The van der Waals surface area contributed by atoms with Crippen molar-refractivity contribution in [3.63, 3.8) is 0 Å². The van der Waals surface area contributed by atoms with Crippen LogP contribution in [0.3, 0.4) is 0 Å². The fourth-order valence-corrected chi connectivity index (χ4v) is 4.45. The summed E-state index contributed by atoms with van der Waals surface area (Å²) in [6.45, 7) is 0. The van der Waals surface area contributed by atoms with Crippen LogP contribution in [-0.2, 0) is 6.42 Å². The van der Waals surface area contributed by atoms with Crippen molar-refractivity contribution < 1.29 is 14.0 Å². The predicted octanol–water partition coefficient (Wildman–Crippen LogP) is 3.15. The third-order valence-corrected chi connectivity index (χ3v) is 6.11. The van der Waals surface area contributed by atoms with Gasteiger partial charge < -0.3 is 16.0 Å². The molecule has 29 heavy (non-hydrogen) atoms. The summed E-state index contributed by atoms with van der Waals surface area (Å²) < 4.78 is 13.1. The van der Waals surface area contributed by atoms with Crippen molar-refractivity contribution in [2.75, 3.05) is 0 Å². The molecule has 1 aliphatic rings. The van der Waals surface area contributed by atoms with E-state index in [1.165, 1.54) is 29.5 Å². The third kappa shape index (κ3) is 3.84. The highest BCUT2D eigenvalue weighted by molar-refractivity contribution is 7.17. The van der Waals surface area contributed by atoms with Crippen LogP contribution >= 0.6 is 11.3 Å². The number of aromatic amines is 1. The van der Waals surface area contributed by atoms with Crippen molar-refractivity contribution in [3.8, 4) is 10.4 Å². The lowest BCUT2D eigenvalue weighted by Gasteiger charge is -2.26. The van der Waals surface area contributed by atoms with Crippen LogP contribution in [0.2, 0.25) is 0 Å². The van der Waals surface area contributed by atoms with Crippen LogP contribution in [0.1, 0.15) is 50.2 Å². The summed E-state index contributed by atoms with van der Waals surface area (Å²) in [4.78, 5) is 40.4. The first-order chi connectivity index (χ1) is 13.9. The van der Waals surface area contributed by atoms with Gasteiger partial charge in [0.2, 0.25) is 0 Å². The number of rotatable bonds is 4. The van der Waals surface area contributed by atoms with Crippen molar-refractivity contribution in [1.29, 1.82) is 0 Å². The lowest BCUT2D eigenvalue weighted by Crippen LogP contribution is -2.33. The molecule has 0 radical (unpaired) electrons. The third-order valence-electron chi connectivity index (χ3n) is 4.98. The second-order valence-electron chi connectivity index (χ2n) is 6.90. The summed E-state index contributed by atoms with van der Waals surface area (Å²) in [7, 11) is 0. The zero-order valence-electron chi connectivity index (χ0n) is 15.3. The summed E-state index contributed by atoms with van der Waals surface area (Å²) >= 11 is 1.31. The smallest absolute Gasteiger partial charge is 0.261 e. The molecule has 8 heteroatoms. The molecule has 148 valence electrons. The highest BCUT2D eigenvalue weighted by Crippen LogP contribution is 2.31. The van der Waals surface area contributed by atoms with Crippen LogP contribution in [0.15, 0.2) is 47.3 Å². The Balaban J connectivity index is 1.57. The molecule has 0 fully saturated rings. The number of amides is 2. The molecular formula is C21H18FN3O3S. The van der Waals surface area contributed by atoms with Crippen molar-refractivity contribution in [2.45, 2.75) is 25.3 Å². The Bertz CT molecular complexity index is 1150. The van der Waals surface area contributed by atoms with Crippen molar-refractivity contribution in [2.24, 2.45) is 5.73 Å². The molecule has 4 N–H and O–H groups in total. The van der Waals surface area contributed by atoms with Gasteiger partial charge in [-0.3, -0.25) is 14.4 Å². The minimum Gasteiger partial charge on any atom is -0.365 e. The lowest BCUT2D eigenvalue weighted by atomic mass is 9.90. The first kappa shape index (κ1) is 19.1. The number of aromatic nitrogens is 1. The van der Waals surface area contributed by atoms with Crippen LogP contribution in [0.5, 0.6) is 0 Å². The van der Waals surface area contributed by atoms with Gasteiger partial charge in [-0.2, -0.15) is 0 Å². The molecule has 2 aromatic heterocycles. The van der Waals surface area contributed by atoms with E-state index in [0.29, 0.717) is 23.3 Å². The van der Waals surface area contributed by atoms with E-state index in [4.69, 9.17) is 5.73 Å². The molecule has 0 aliphatic heterocycles. The summed E-state index contributed by atoms with van der Waals surface area (Å²) in [5.41, 5.74) is 6.93. The minimum absolute atomic E-state index is 0.111. The number of thiophene rings is 1. The number of nitrogens with two attached hydrogens (primary N) is 1. The van der Waals surface area contributed by atoms with E-state index in [1.807, 2.05) is 6.07 Å². The molecule has 1 aromatic carbocycles. The van der Waals surface area contributed by atoms with Crippen LogP contribution in [0.4, 0.5) is 4.39 Å². The number of aryl methyl sites for hydroxylation is 1. The van der Waals surface area contributed by atoms with E-state index in [1.54, 1.807) is 18.2 Å². The Labute approximate surface area is 169 Å². The van der Waals surface area contributed by atoms with Gasteiger partial charge in [-0.15, -0.1) is 11.3 Å². The second-order valence-corrected chi connectivity index (χ2v) is 7.98. The van der Waals surface area contributed by atoms with E-state index >= 15 is 0 Å². The number of primary amides is 1. The van der Waals surface area contributed by atoms with Gasteiger partial charge in [0.15, 0.2) is 0 Å². The molecule has 6 nitrogen and oxygen atoms in total. The Morgan fingerprint density at radius 2 is 1.93 bits per heavy atom. The Kier molecular flexibility index (Phi) is 5.02. The molecule has 1 atom stereocenters. The van der Waals surface area contributed by atoms with Gasteiger partial charge in [0.05, 0.1) is 10.9 Å². The predicted molar refractivity (Wildman–Crippen MR) is 108 cm³/mol. The van der Waals surface area contributed by atoms with Crippen molar-refractivity contribution >= 4 is 23.2 Å². The molecule has 0 spiro atoms. The van der Waals surface area contributed by atoms with Gasteiger partial charge in [0.25, 0.3) is 17.4 Å². The molecule has 3 aromatic rings. The number of fused-ring (bicyclic) bond motifs is 1. The van der Waals surface area contributed by atoms with Gasteiger partial charge in [0.1, 0.15) is 11.4 Å². The maximum absolute atomic E-state index is 13.1. The minimum atomic E-state index is -0.799. The normalized spacial score (nSPS) is 15.6. The fraction of sp³-hybridized carbons (Fsp3) is 0.190. The fourth-order valence-electron chi connectivity index (χ4n) is 3.53. The van der Waals surface area contributed by atoms with Crippen molar-refractivity contribution in [3.05, 3.63) is 80.3 Å². The summed E-state index contributed by atoms with van der Waals surface area (Å²) in [6.07, 6.45) is 2.16. The summed E-state index contributed by atoms with van der Waals surface area (Å²) in [6, 6.07) is 10.8. The van der Waals surface area contributed by atoms with E-state index in [9.17, 15) is 18.8 Å². The van der Waals surface area contributed by atoms with E-state index in [0.717, 1.165) is 22.6 Å². The summed E-state index contributed by atoms with van der Waals surface area (Å²) in [5.74, 6) is -1.35. The first-order valence-corrected chi connectivity index (χ1v) is 9.96. The average molecular weight is 411 g/mol. The van der Waals surface area contributed by atoms with E-state index in [2.05, 4.69) is 10.3 Å². The number of carbonyl (C=O) groups excluding carboxylic acids is 2. The highest BCUT2D eigenvalue weighted by Gasteiger charge is 2.25. The maximum atomic E-state index is 13.1. The number of halogens is 1. The highest BCUT2D eigenvalue weighted by atomic mass is 32.1. The monoisotopic (exact) mass is 411 g/mol. The largest absolute Gasteiger partial charge is 0.365 e. The Morgan fingerprint density at radius 3 is 2.66 bits per heavy atom. The van der Waals surface area contributed by atoms with Gasteiger partial charge in [-0.25, -0.2) is 4.39 Å².